The van der Waals surface area contributed by atoms with Crippen LogP contribution in [0.25, 0.3) is 0 Å². The molecule has 1 fully saturated rings. The number of carboxylic acids is 1. The van der Waals surface area contributed by atoms with E-state index >= 15 is 0 Å². The Bertz CT molecular complexity index is 976. The molecule has 1 saturated heterocycles. The number of carbonyl (C=O) groups excluding carboxylic acids is 2. The standard InChI is InChI=1S/C19H19N3O5S3/c1-11(23)20-7-8-21-13-4-3-12(27-2)9-15(13)29-16(21)6-5-14-18(26)22(10-17(24)25)19(28)30-14/h3-6,9H,7-8,10H2,1-2H3,(H,20,23)(H,24,25)/b14-5+,16-6-. The molecular formula is C19H19N3O5S3. The van der Waals surface area contributed by atoms with E-state index in [9.17, 15) is 14.4 Å². The van der Waals surface area contributed by atoms with Crippen LogP contribution >= 0.6 is 35.7 Å². The predicted molar refractivity (Wildman–Crippen MR) is 121 cm³/mol. The number of hydrogen-bond donors (Lipinski definition) is 2. The Morgan fingerprint density at radius 3 is 2.70 bits per heavy atom. The summed E-state index contributed by atoms with van der Waals surface area (Å²) < 4.78 is 5.52. The third-order valence-corrected chi connectivity index (χ3v) is 6.70. The van der Waals surface area contributed by atoms with Crippen molar-refractivity contribution in [3.05, 3.63) is 40.3 Å². The van der Waals surface area contributed by atoms with Gasteiger partial charge in [-0.15, -0.1) is 0 Å². The summed E-state index contributed by atoms with van der Waals surface area (Å²) in [5, 5.41) is 12.6. The van der Waals surface area contributed by atoms with E-state index < -0.39 is 18.4 Å². The van der Waals surface area contributed by atoms with E-state index in [1.807, 2.05) is 23.1 Å². The van der Waals surface area contributed by atoms with Gasteiger partial charge < -0.3 is 20.1 Å². The van der Waals surface area contributed by atoms with Gasteiger partial charge >= 0.3 is 5.97 Å². The van der Waals surface area contributed by atoms with Crippen molar-refractivity contribution in [1.82, 2.24) is 10.2 Å². The van der Waals surface area contributed by atoms with Gasteiger partial charge in [-0.2, -0.15) is 0 Å². The Labute approximate surface area is 187 Å². The van der Waals surface area contributed by atoms with Crippen LogP contribution in [0.5, 0.6) is 5.75 Å². The van der Waals surface area contributed by atoms with Crippen molar-refractivity contribution in [3.63, 3.8) is 0 Å². The molecule has 0 spiro atoms. The van der Waals surface area contributed by atoms with Crippen molar-refractivity contribution >= 4 is 63.5 Å². The lowest BCUT2D eigenvalue weighted by Gasteiger charge is -2.20. The maximum atomic E-state index is 12.5. The molecule has 0 aromatic heterocycles. The molecule has 2 aliphatic rings. The zero-order valence-corrected chi connectivity index (χ0v) is 18.7. The predicted octanol–water partition coefficient (Wildman–Crippen LogP) is 2.41. The van der Waals surface area contributed by atoms with Crippen molar-refractivity contribution in [2.75, 3.05) is 31.6 Å². The minimum atomic E-state index is -1.12. The highest BCUT2D eigenvalue weighted by Crippen LogP contribution is 2.47. The molecule has 2 heterocycles. The number of allylic oxidation sites excluding steroid dienone is 2. The van der Waals surface area contributed by atoms with Gasteiger partial charge in [-0.25, -0.2) is 0 Å². The van der Waals surface area contributed by atoms with Crippen molar-refractivity contribution < 1.29 is 24.2 Å². The molecule has 0 radical (unpaired) electrons. The number of anilines is 1. The highest BCUT2D eigenvalue weighted by molar-refractivity contribution is 8.26. The number of ether oxygens (including phenoxy) is 1. The van der Waals surface area contributed by atoms with E-state index in [1.165, 1.54) is 18.7 Å². The van der Waals surface area contributed by atoms with Crippen LogP contribution in [-0.4, -0.2) is 58.9 Å². The van der Waals surface area contributed by atoms with Gasteiger partial charge in [-0.1, -0.05) is 35.7 Å². The molecule has 2 amide bonds. The fraction of sp³-hybridized carbons (Fsp3) is 0.263. The van der Waals surface area contributed by atoms with Crippen LogP contribution in [-0.2, 0) is 14.4 Å². The van der Waals surface area contributed by atoms with Crippen molar-refractivity contribution in [3.8, 4) is 5.75 Å². The average molecular weight is 466 g/mol. The highest BCUT2D eigenvalue weighted by atomic mass is 32.2. The molecule has 2 aliphatic heterocycles. The Kier molecular flexibility index (Phi) is 7.06. The Hall–Kier alpha value is -2.50. The first-order valence-electron chi connectivity index (χ1n) is 8.85. The molecule has 2 N–H and O–H groups in total. The van der Waals surface area contributed by atoms with E-state index in [0.29, 0.717) is 18.0 Å². The zero-order valence-electron chi connectivity index (χ0n) is 16.2. The van der Waals surface area contributed by atoms with E-state index in [2.05, 4.69) is 5.32 Å². The number of aliphatic carboxylic acids is 1. The molecule has 0 saturated carbocycles. The van der Waals surface area contributed by atoms with E-state index in [-0.39, 0.29) is 10.2 Å². The number of nitrogens with zero attached hydrogens (tertiary/aromatic N) is 2. The fourth-order valence-corrected chi connectivity index (χ4v) is 5.16. The topological polar surface area (TPSA) is 99.2 Å². The summed E-state index contributed by atoms with van der Waals surface area (Å²) in [5.41, 5.74) is 0.976. The quantitative estimate of drug-likeness (QED) is 0.464. The van der Waals surface area contributed by atoms with E-state index in [1.54, 1.807) is 19.3 Å². The lowest BCUT2D eigenvalue weighted by atomic mass is 10.2. The molecule has 0 aliphatic carbocycles. The molecule has 0 atom stereocenters. The number of benzene rings is 1. The van der Waals surface area contributed by atoms with Crippen LogP contribution < -0.4 is 15.0 Å². The largest absolute Gasteiger partial charge is 0.497 e. The molecule has 0 unspecified atom stereocenters. The maximum Gasteiger partial charge on any atom is 0.323 e. The molecule has 8 nitrogen and oxygen atoms in total. The molecule has 0 bridgehead atoms. The number of methoxy groups -OCH3 is 1. The first-order valence-corrected chi connectivity index (χ1v) is 10.9. The third-order valence-electron chi connectivity index (χ3n) is 4.19. The van der Waals surface area contributed by atoms with Crippen molar-refractivity contribution in [2.45, 2.75) is 11.8 Å². The zero-order chi connectivity index (χ0) is 21.8. The van der Waals surface area contributed by atoms with Gasteiger partial charge in [0, 0.05) is 24.9 Å². The van der Waals surface area contributed by atoms with E-state index in [0.717, 1.165) is 38.0 Å². The molecular weight excluding hydrogens is 446 g/mol. The number of rotatable bonds is 7. The summed E-state index contributed by atoms with van der Waals surface area (Å²) in [5.74, 6) is -0.912. The first-order chi connectivity index (χ1) is 14.3. The highest BCUT2D eigenvalue weighted by Gasteiger charge is 2.33. The van der Waals surface area contributed by atoms with Gasteiger partial charge in [0.1, 0.15) is 16.6 Å². The Morgan fingerprint density at radius 2 is 2.03 bits per heavy atom. The van der Waals surface area contributed by atoms with Crippen LogP contribution in [0.4, 0.5) is 5.69 Å². The Balaban J connectivity index is 1.85. The molecule has 11 heteroatoms. The lowest BCUT2D eigenvalue weighted by Crippen LogP contribution is -2.33. The van der Waals surface area contributed by atoms with Gasteiger partial charge in [0.2, 0.25) is 5.91 Å². The number of nitrogens with one attached hydrogen (secondary N) is 1. The SMILES string of the molecule is COc1ccc2c(c1)S/C(=C\C=C1\SC(=S)N(CC(=O)O)C1=O)N2CCNC(C)=O. The van der Waals surface area contributed by atoms with Gasteiger partial charge in [-0.05, 0) is 30.4 Å². The van der Waals surface area contributed by atoms with Crippen molar-refractivity contribution in [2.24, 2.45) is 0 Å². The number of amides is 2. The minimum absolute atomic E-state index is 0.107. The third kappa shape index (κ3) is 4.97. The van der Waals surface area contributed by atoms with Crippen LogP contribution in [0, 0.1) is 0 Å². The van der Waals surface area contributed by atoms with Crippen LogP contribution in [0.3, 0.4) is 0 Å². The lowest BCUT2D eigenvalue weighted by molar-refractivity contribution is -0.140. The number of fused-ring (bicyclic) bond motifs is 1. The molecule has 1 aromatic rings. The summed E-state index contributed by atoms with van der Waals surface area (Å²) >= 11 is 7.72. The molecule has 158 valence electrons. The first kappa shape index (κ1) is 22.2. The second-order valence-corrected chi connectivity index (χ2v) is 9.00. The van der Waals surface area contributed by atoms with E-state index in [4.69, 9.17) is 22.1 Å². The minimum Gasteiger partial charge on any atom is -0.497 e. The maximum absolute atomic E-state index is 12.5. The van der Waals surface area contributed by atoms with Gasteiger partial charge in [-0.3, -0.25) is 19.3 Å². The van der Waals surface area contributed by atoms with Gasteiger partial charge in [0.15, 0.2) is 0 Å². The average Bonchev–Trinajstić information content (AvgIpc) is 3.17. The summed E-state index contributed by atoms with van der Waals surface area (Å²) in [6.45, 7) is 2.01. The smallest absolute Gasteiger partial charge is 0.323 e. The monoisotopic (exact) mass is 465 g/mol. The van der Waals surface area contributed by atoms with Crippen LogP contribution in [0.2, 0.25) is 0 Å². The van der Waals surface area contributed by atoms with Gasteiger partial charge in [0.25, 0.3) is 5.91 Å². The van der Waals surface area contributed by atoms with Crippen molar-refractivity contribution in [1.29, 1.82) is 0 Å². The molecule has 30 heavy (non-hydrogen) atoms. The number of thiocarbonyl (C=S) groups is 1. The normalized spacial score (nSPS) is 18.3. The molecule has 1 aromatic carbocycles. The number of hydrogen-bond acceptors (Lipinski definition) is 8. The number of carboxylic acid groups (broad SMARTS) is 1. The fourth-order valence-electron chi connectivity index (χ4n) is 2.84. The van der Waals surface area contributed by atoms with Crippen LogP contribution in [0.1, 0.15) is 6.92 Å². The van der Waals surface area contributed by atoms with Crippen LogP contribution in [0.15, 0.2) is 45.2 Å². The molecule has 3 rings (SSSR count). The summed E-state index contributed by atoms with van der Waals surface area (Å²) in [6, 6.07) is 5.74. The summed E-state index contributed by atoms with van der Waals surface area (Å²) in [6.07, 6.45) is 3.45. The Morgan fingerprint density at radius 1 is 1.27 bits per heavy atom. The number of carbonyl (C=O) groups is 3. The second kappa shape index (κ2) is 9.54. The summed E-state index contributed by atoms with van der Waals surface area (Å²) in [4.78, 5) is 39.1. The van der Waals surface area contributed by atoms with Gasteiger partial charge in [0.05, 0.1) is 22.7 Å². The number of thioether (sulfide) groups is 2. The second-order valence-electron chi connectivity index (χ2n) is 6.26. The summed E-state index contributed by atoms with van der Waals surface area (Å²) in [7, 11) is 1.60.